The molecule has 5 nitrogen and oxygen atoms in total. The van der Waals surface area contributed by atoms with Crippen LogP contribution in [0.1, 0.15) is 25.3 Å². The van der Waals surface area contributed by atoms with Crippen molar-refractivity contribution in [2.75, 3.05) is 11.9 Å². The van der Waals surface area contributed by atoms with Crippen LogP contribution in [0.4, 0.5) is 11.7 Å². The maximum atomic E-state index is 5.51. The average Bonchev–Trinajstić information content (AvgIpc) is 2.76. The van der Waals surface area contributed by atoms with E-state index in [0.717, 1.165) is 12.2 Å². The summed E-state index contributed by atoms with van der Waals surface area (Å²) in [6.45, 7) is 7.89. The standard InChI is InChI=1S/C14H20N4O/c1-10(2)8-15-9-13-17-18-14(19-13)16-12-6-4-5-11(3)7-12/h4-7,10,15H,8-9H2,1-3H3,(H,16,18). The van der Waals surface area contributed by atoms with E-state index in [1.807, 2.05) is 31.2 Å². The highest BCUT2D eigenvalue weighted by Gasteiger charge is 2.06. The Bertz CT molecular complexity index is 522. The Kier molecular flexibility index (Phi) is 4.52. The average molecular weight is 260 g/mol. The molecular weight excluding hydrogens is 240 g/mol. The predicted octanol–water partition coefficient (Wildman–Crippen LogP) is 2.87. The lowest BCUT2D eigenvalue weighted by Gasteiger charge is -2.04. The summed E-state index contributed by atoms with van der Waals surface area (Å²) in [5.74, 6) is 1.20. The van der Waals surface area contributed by atoms with Crippen LogP contribution in [-0.2, 0) is 6.54 Å². The van der Waals surface area contributed by atoms with Crippen molar-refractivity contribution in [3.05, 3.63) is 35.7 Å². The zero-order valence-corrected chi connectivity index (χ0v) is 11.6. The molecule has 2 aromatic rings. The quantitative estimate of drug-likeness (QED) is 0.836. The van der Waals surface area contributed by atoms with Gasteiger partial charge >= 0.3 is 6.01 Å². The number of nitrogens with one attached hydrogen (secondary N) is 2. The van der Waals surface area contributed by atoms with E-state index in [-0.39, 0.29) is 0 Å². The van der Waals surface area contributed by atoms with Crippen LogP contribution in [0.25, 0.3) is 0 Å². The van der Waals surface area contributed by atoms with Crippen LogP contribution in [-0.4, -0.2) is 16.7 Å². The minimum atomic E-state index is 0.423. The number of rotatable bonds is 6. The maximum absolute atomic E-state index is 5.51. The highest BCUT2D eigenvalue weighted by atomic mass is 16.4. The van der Waals surface area contributed by atoms with Gasteiger partial charge in [-0.3, -0.25) is 0 Å². The van der Waals surface area contributed by atoms with Gasteiger partial charge in [0.2, 0.25) is 5.89 Å². The van der Waals surface area contributed by atoms with Crippen LogP contribution >= 0.6 is 0 Å². The molecule has 0 bridgehead atoms. The smallest absolute Gasteiger partial charge is 0.320 e. The highest BCUT2D eigenvalue weighted by molar-refractivity contribution is 5.52. The Hall–Kier alpha value is -1.88. The number of benzene rings is 1. The Morgan fingerprint density at radius 1 is 1.26 bits per heavy atom. The lowest BCUT2D eigenvalue weighted by atomic mass is 10.2. The number of aromatic nitrogens is 2. The third-order valence-corrected chi connectivity index (χ3v) is 2.57. The fourth-order valence-corrected chi connectivity index (χ4v) is 1.69. The number of aryl methyl sites for hydroxylation is 1. The monoisotopic (exact) mass is 260 g/mol. The van der Waals surface area contributed by atoms with Gasteiger partial charge in [0.25, 0.3) is 0 Å². The topological polar surface area (TPSA) is 63.0 Å². The molecule has 2 rings (SSSR count). The van der Waals surface area contributed by atoms with Crippen LogP contribution in [0.2, 0.25) is 0 Å². The lowest BCUT2D eigenvalue weighted by molar-refractivity contribution is 0.460. The van der Waals surface area contributed by atoms with Crippen molar-refractivity contribution in [3.63, 3.8) is 0 Å². The summed E-state index contributed by atoms with van der Waals surface area (Å²) >= 11 is 0. The summed E-state index contributed by atoms with van der Waals surface area (Å²) < 4.78 is 5.51. The first-order valence-electron chi connectivity index (χ1n) is 6.50. The molecule has 0 aliphatic carbocycles. The van der Waals surface area contributed by atoms with Crippen molar-refractivity contribution >= 4 is 11.7 Å². The number of anilines is 2. The van der Waals surface area contributed by atoms with E-state index >= 15 is 0 Å². The molecule has 1 aromatic heterocycles. The first kappa shape index (κ1) is 13.5. The van der Waals surface area contributed by atoms with E-state index < -0.39 is 0 Å². The van der Waals surface area contributed by atoms with Crippen LogP contribution < -0.4 is 10.6 Å². The SMILES string of the molecule is Cc1cccc(Nc2nnc(CNCC(C)C)o2)c1. The van der Waals surface area contributed by atoms with Crippen molar-refractivity contribution in [1.82, 2.24) is 15.5 Å². The first-order valence-corrected chi connectivity index (χ1v) is 6.50. The molecule has 19 heavy (non-hydrogen) atoms. The van der Waals surface area contributed by atoms with Crippen molar-refractivity contribution in [2.45, 2.75) is 27.3 Å². The minimum Gasteiger partial charge on any atom is -0.406 e. The van der Waals surface area contributed by atoms with Crippen molar-refractivity contribution in [2.24, 2.45) is 5.92 Å². The largest absolute Gasteiger partial charge is 0.406 e. The summed E-state index contributed by atoms with van der Waals surface area (Å²) in [5.41, 5.74) is 2.13. The normalized spacial score (nSPS) is 10.9. The second-order valence-electron chi connectivity index (χ2n) is 5.02. The Labute approximate surface area is 113 Å². The van der Waals surface area contributed by atoms with E-state index in [2.05, 4.69) is 34.7 Å². The Morgan fingerprint density at radius 3 is 2.84 bits per heavy atom. The molecule has 0 aliphatic rings. The van der Waals surface area contributed by atoms with E-state index in [0.29, 0.717) is 24.4 Å². The molecule has 0 saturated heterocycles. The highest BCUT2D eigenvalue weighted by Crippen LogP contribution is 2.16. The predicted molar refractivity (Wildman–Crippen MR) is 75.3 cm³/mol. The molecule has 0 saturated carbocycles. The van der Waals surface area contributed by atoms with Crippen LogP contribution in [0.3, 0.4) is 0 Å². The van der Waals surface area contributed by atoms with Gasteiger partial charge in [0, 0.05) is 5.69 Å². The third-order valence-electron chi connectivity index (χ3n) is 2.57. The van der Waals surface area contributed by atoms with Crippen molar-refractivity contribution in [3.8, 4) is 0 Å². The molecular formula is C14H20N4O. The van der Waals surface area contributed by atoms with Gasteiger partial charge in [0.15, 0.2) is 0 Å². The van der Waals surface area contributed by atoms with Gasteiger partial charge in [-0.2, -0.15) is 0 Å². The van der Waals surface area contributed by atoms with Crippen LogP contribution in [0.15, 0.2) is 28.7 Å². The van der Waals surface area contributed by atoms with Crippen LogP contribution in [0.5, 0.6) is 0 Å². The molecule has 0 amide bonds. The van der Waals surface area contributed by atoms with E-state index in [4.69, 9.17) is 4.42 Å². The maximum Gasteiger partial charge on any atom is 0.320 e. The molecule has 0 radical (unpaired) electrons. The summed E-state index contributed by atoms with van der Waals surface area (Å²) in [6, 6.07) is 8.45. The summed E-state index contributed by atoms with van der Waals surface area (Å²) in [4.78, 5) is 0. The van der Waals surface area contributed by atoms with Crippen LogP contribution in [0, 0.1) is 12.8 Å². The molecule has 1 aromatic carbocycles. The van der Waals surface area contributed by atoms with Gasteiger partial charge < -0.3 is 15.1 Å². The van der Waals surface area contributed by atoms with Gasteiger partial charge in [-0.15, -0.1) is 5.10 Å². The fraction of sp³-hybridized carbons (Fsp3) is 0.429. The molecule has 0 aliphatic heterocycles. The van der Waals surface area contributed by atoms with E-state index in [1.165, 1.54) is 5.56 Å². The summed E-state index contributed by atoms with van der Waals surface area (Å²) in [5, 5.41) is 14.3. The van der Waals surface area contributed by atoms with Gasteiger partial charge in [-0.25, -0.2) is 0 Å². The molecule has 5 heteroatoms. The molecule has 2 N–H and O–H groups in total. The Balaban J connectivity index is 1.90. The molecule has 0 spiro atoms. The van der Waals surface area contributed by atoms with Gasteiger partial charge in [-0.05, 0) is 37.1 Å². The first-order chi connectivity index (χ1) is 9.13. The van der Waals surface area contributed by atoms with E-state index in [9.17, 15) is 0 Å². The molecule has 0 fully saturated rings. The zero-order chi connectivity index (χ0) is 13.7. The van der Waals surface area contributed by atoms with Gasteiger partial charge in [0.1, 0.15) is 0 Å². The van der Waals surface area contributed by atoms with Gasteiger partial charge in [-0.1, -0.05) is 31.1 Å². The third kappa shape index (κ3) is 4.37. The minimum absolute atomic E-state index is 0.423. The Morgan fingerprint density at radius 2 is 2.11 bits per heavy atom. The van der Waals surface area contributed by atoms with Crippen molar-refractivity contribution < 1.29 is 4.42 Å². The zero-order valence-electron chi connectivity index (χ0n) is 11.6. The fourth-order valence-electron chi connectivity index (χ4n) is 1.69. The number of nitrogens with zero attached hydrogens (tertiary/aromatic N) is 2. The second kappa shape index (κ2) is 6.33. The molecule has 0 unspecified atom stereocenters. The second-order valence-corrected chi connectivity index (χ2v) is 5.02. The molecule has 1 heterocycles. The van der Waals surface area contributed by atoms with Crippen molar-refractivity contribution in [1.29, 1.82) is 0 Å². The number of hydrogen-bond acceptors (Lipinski definition) is 5. The lowest BCUT2D eigenvalue weighted by Crippen LogP contribution is -2.19. The molecule has 102 valence electrons. The summed E-state index contributed by atoms with van der Waals surface area (Å²) in [6.07, 6.45) is 0. The molecule has 0 atom stereocenters. The van der Waals surface area contributed by atoms with E-state index in [1.54, 1.807) is 0 Å². The van der Waals surface area contributed by atoms with Gasteiger partial charge in [0.05, 0.1) is 6.54 Å². The number of hydrogen-bond donors (Lipinski definition) is 2. The summed E-state index contributed by atoms with van der Waals surface area (Å²) in [7, 11) is 0.